The summed E-state index contributed by atoms with van der Waals surface area (Å²) >= 11 is 3.83. The lowest BCUT2D eigenvalue weighted by Crippen LogP contribution is -2.18. The Balaban J connectivity index is 2.27. The highest BCUT2D eigenvalue weighted by Crippen LogP contribution is 2.42. The monoisotopic (exact) mass is 310 g/mol. The Labute approximate surface area is 119 Å². The normalized spacial score (nSPS) is 19.2. The summed E-state index contributed by atoms with van der Waals surface area (Å²) in [5.74, 6) is 1.05. The van der Waals surface area contributed by atoms with Crippen LogP contribution in [0.5, 0.6) is 5.75 Å². The minimum absolute atomic E-state index is 0.139. The Morgan fingerprint density at radius 2 is 2.00 bits per heavy atom. The first-order valence-electron chi connectivity index (χ1n) is 6.60. The van der Waals surface area contributed by atoms with Gasteiger partial charge >= 0.3 is 0 Å². The van der Waals surface area contributed by atoms with Crippen molar-refractivity contribution < 1.29 is 4.74 Å². The second kappa shape index (κ2) is 4.56. The topological polar surface area (TPSA) is 9.23 Å². The van der Waals surface area contributed by atoms with Crippen LogP contribution in [-0.2, 0) is 5.41 Å². The van der Waals surface area contributed by atoms with Crippen LogP contribution in [0, 0.1) is 5.41 Å². The average molecular weight is 311 g/mol. The summed E-state index contributed by atoms with van der Waals surface area (Å²) in [6.45, 7) is 12.1. The molecule has 18 heavy (non-hydrogen) atoms. The maximum atomic E-state index is 5.73. The fourth-order valence-corrected chi connectivity index (χ4v) is 3.64. The number of alkyl halides is 1. The molecule has 2 rings (SSSR count). The molecular weight excluding hydrogens is 288 g/mol. The lowest BCUT2D eigenvalue weighted by atomic mass is 9.84. The lowest BCUT2D eigenvalue weighted by molar-refractivity contribution is 0.291. The van der Waals surface area contributed by atoms with Gasteiger partial charge in [0, 0.05) is 15.8 Å². The third-order valence-corrected chi connectivity index (χ3v) is 4.33. The third-order valence-electron chi connectivity index (χ3n) is 3.47. The highest BCUT2D eigenvalue weighted by molar-refractivity contribution is 9.09. The molecule has 1 aliphatic rings. The zero-order chi connectivity index (χ0) is 13.6. The summed E-state index contributed by atoms with van der Waals surface area (Å²) in [4.78, 5) is 0.416. The molecule has 0 fully saturated rings. The van der Waals surface area contributed by atoms with E-state index in [1.165, 1.54) is 11.1 Å². The molecule has 1 unspecified atom stereocenters. The van der Waals surface area contributed by atoms with Crippen LogP contribution in [0.4, 0.5) is 0 Å². The van der Waals surface area contributed by atoms with Crippen LogP contribution >= 0.6 is 15.9 Å². The summed E-state index contributed by atoms with van der Waals surface area (Å²) in [6.07, 6.45) is 1.13. The van der Waals surface area contributed by atoms with Gasteiger partial charge < -0.3 is 4.74 Å². The summed E-state index contributed by atoms with van der Waals surface area (Å²) in [7, 11) is 0. The lowest BCUT2D eigenvalue weighted by Gasteiger charge is -2.23. The molecule has 0 aliphatic carbocycles. The summed E-state index contributed by atoms with van der Waals surface area (Å²) in [6, 6.07) is 6.62. The maximum Gasteiger partial charge on any atom is 0.123 e. The predicted octanol–water partition coefficient (Wildman–Crippen LogP) is 5.23. The molecule has 0 amide bonds. The van der Waals surface area contributed by atoms with E-state index in [9.17, 15) is 0 Å². The van der Waals surface area contributed by atoms with Crippen molar-refractivity contribution in [1.29, 1.82) is 0 Å². The molecule has 0 saturated heterocycles. The molecule has 1 aliphatic heterocycles. The van der Waals surface area contributed by atoms with Crippen molar-refractivity contribution in [2.45, 2.75) is 51.3 Å². The van der Waals surface area contributed by atoms with Crippen molar-refractivity contribution in [2.75, 3.05) is 6.61 Å². The number of fused-ring (bicyclic) bond motifs is 1. The minimum Gasteiger partial charge on any atom is -0.492 e. The smallest absolute Gasteiger partial charge is 0.123 e. The molecule has 0 bridgehead atoms. The van der Waals surface area contributed by atoms with Crippen LogP contribution < -0.4 is 4.74 Å². The van der Waals surface area contributed by atoms with Gasteiger partial charge in [0.25, 0.3) is 0 Å². The number of benzene rings is 1. The molecule has 1 heterocycles. The maximum absolute atomic E-state index is 5.73. The predicted molar refractivity (Wildman–Crippen MR) is 80.7 cm³/mol. The second-order valence-electron chi connectivity index (χ2n) is 7.16. The van der Waals surface area contributed by atoms with Crippen LogP contribution in [0.15, 0.2) is 18.2 Å². The van der Waals surface area contributed by atoms with Crippen LogP contribution in [0.2, 0.25) is 0 Å². The van der Waals surface area contributed by atoms with Crippen LogP contribution in [-0.4, -0.2) is 6.61 Å². The van der Waals surface area contributed by atoms with Gasteiger partial charge in [-0.25, -0.2) is 0 Å². The van der Waals surface area contributed by atoms with E-state index in [0.29, 0.717) is 10.2 Å². The third kappa shape index (κ3) is 2.90. The Bertz CT molecular complexity index is 443. The quantitative estimate of drug-likeness (QED) is 0.680. The van der Waals surface area contributed by atoms with Gasteiger partial charge in [-0.05, 0) is 23.5 Å². The molecule has 2 heteroatoms. The summed E-state index contributed by atoms with van der Waals surface area (Å²) in [5, 5.41) is 0. The molecule has 0 saturated carbocycles. The number of hydrogen-bond donors (Lipinski definition) is 0. The molecule has 0 radical (unpaired) electrons. The Morgan fingerprint density at radius 1 is 1.33 bits per heavy atom. The van der Waals surface area contributed by atoms with Crippen molar-refractivity contribution in [3.63, 3.8) is 0 Å². The number of halogens is 1. The molecule has 0 spiro atoms. The van der Waals surface area contributed by atoms with Gasteiger partial charge in [0.2, 0.25) is 0 Å². The molecule has 1 aromatic rings. The zero-order valence-corrected chi connectivity index (χ0v) is 13.6. The highest BCUT2D eigenvalue weighted by atomic mass is 79.9. The van der Waals surface area contributed by atoms with Gasteiger partial charge in [-0.3, -0.25) is 0 Å². The van der Waals surface area contributed by atoms with Crippen molar-refractivity contribution >= 4 is 15.9 Å². The van der Waals surface area contributed by atoms with Crippen LogP contribution in [0.1, 0.15) is 57.0 Å². The molecule has 0 N–H and O–H groups in total. The summed E-state index contributed by atoms with van der Waals surface area (Å²) < 4.78 is 5.73. The van der Waals surface area contributed by atoms with Gasteiger partial charge in [-0.1, -0.05) is 62.7 Å². The zero-order valence-electron chi connectivity index (χ0n) is 12.0. The van der Waals surface area contributed by atoms with Crippen molar-refractivity contribution in [1.82, 2.24) is 0 Å². The first-order valence-corrected chi connectivity index (χ1v) is 7.52. The van der Waals surface area contributed by atoms with Gasteiger partial charge in [0.05, 0.1) is 6.61 Å². The van der Waals surface area contributed by atoms with E-state index in [4.69, 9.17) is 4.74 Å². The van der Waals surface area contributed by atoms with E-state index in [-0.39, 0.29) is 5.41 Å². The summed E-state index contributed by atoms with van der Waals surface area (Å²) in [5.41, 5.74) is 3.18. The second-order valence-corrected chi connectivity index (χ2v) is 8.27. The van der Waals surface area contributed by atoms with E-state index >= 15 is 0 Å². The largest absolute Gasteiger partial charge is 0.492 e. The fourth-order valence-electron chi connectivity index (χ4n) is 2.39. The SMILES string of the molecule is CC(C)(C)CC(Br)c1ccc2c(c1)C(C)(C)CO2. The number of ether oxygens (including phenoxy) is 1. The Kier molecular flexibility index (Phi) is 3.52. The molecular formula is C16H23BrO. The van der Waals surface area contributed by atoms with Crippen LogP contribution in [0.25, 0.3) is 0 Å². The van der Waals surface area contributed by atoms with E-state index in [1.807, 2.05) is 0 Å². The first-order chi connectivity index (χ1) is 8.19. The van der Waals surface area contributed by atoms with Crippen molar-refractivity contribution in [3.05, 3.63) is 29.3 Å². The van der Waals surface area contributed by atoms with E-state index in [1.54, 1.807) is 0 Å². The van der Waals surface area contributed by atoms with E-state index in [0.717, 1.165) is 18.8 Å². The molecule has 0 aromatic heterocycles. The molecule has 100 valence electrons. The van der Waals surface area contributed by atoms with Gasteiger partial charge in [0.15, 0.2) is 0 Å². The Morgan fingerprint density at radius 3 is 2.61 bits per heavy atom. The van der Waals surface area contributed by atoms with Crippen LogP contribution in [0.3, 0.4) is 0 Å². The molecule has 1 nitrogen and oxygen atoms in total. The Hall–Kier alpha value is -0.500. The number of hydrogen-bond acceptors (Lipinski definition) is 1. The van der Waals surface area contributed by atoms with Crippen molar-refractivity contribution in [2.24, 2.45) is 5.41 Å². The molecule has 1 atom stereocenters. The van der Waals surface area contributed by atoms with Crippen molar-refractivity contribution in [3.8, 4) is 5.75 Å². The standard InChI is InChI=1S/C16H23BrO/c1-15(2,3)9-13(17)11-6-7-14-12(8-11)16(4,5)10-18-14/h6-8,13H,9-10H2,1-5H3. The van der Waals surface area contributed by atoms with E-state index in [2.05, 4.69) is 68.7 Å². The van der Waals surface area contributed by atoms with Gasteiger partial charge in [-0.2, -0.15) is 0 Å². The fraction of sp³-hybridized carbons (Fsp3) is 0.625. The van der Waals surface area contributed by atoms with Gasteiger partial charge in [0.1, 0.15) is 5.75 Å². The average Bonchev–Trinajstić information content (AvgIpc) is 2.52. The van der Waals surface area contributed by atoms with Gasteiger partial charge in [-0.15, -0.1) is 0 Å². The minimum atomic E-state index is 0.139. The number of rotatable bonds is 2. The van der Waals surface area contributed by atoms with E-state index < -0.39 is 0 Å². The highest BCUT2D eigenvalue weighted by Gasteiger charge is 2.32. The molecule has 1 aromatic carbocycles. The first kappa shape index (κ1) is 13.9.